The molecule has 5 atom stereocenters. The summed E-state index contributed by atoms with van der Waals surface area (Å²) in [6.45, 7) is 4.14. The van der Waals surface area contributed by atoms with Crippen LogP contribution in [-0.2, 0) is 14.3 Å². The van der Waals surface area contributed by atoms with Gasteiger partial charge in [0.25, 0.3) is 0 Å². The highest BCUT2D eigenvalue weighted by Crippen LogP contribution is 2.43. The second kappa shape index (κ2) is 6.60. The Hall–Kier alpha value is -1.42. The minimum atomic E-state index is -0.581. The molecule has 126 valence electrons. The number of aliphatic hydroxyl groups excluding tert-OH is 1. The number of ketones is 1. The molecule has 0 bridgehead atoms. The van der Waals surface area contributed by atoms with Crippen LogP contribution in [0.4, 0.5) is 0 Å². The van der Waals surface area contributed by atoms with E-state index >= 15 is 0 Å². The lowest BCUT2D eigenvalue weighted by molar-refractivity contribution is -0.160. The number of hydrogen-bond acceptors (Lipinski definition) is 4. The van der Waals surface area contributed by atoms with E-state index in [0.29, 0.717) is 18.3 Å². The summed E-state index contributed by atoms with van der Waals surface area (Å²) in [6.07, 6.45) is 7.64. The maximum absolute atomic E-state index is 12.3. The van der Waals surface area contributed by atoms with Crippen LogP contribution < -0.4 is 0 Å². The molecule has 3 aliphatic rings. The van der Waals surface area contributed by atoms with E-state index in [4.69, 9.17) is 4.74 Å². The van der Waals surface area contributed by atoms with E-state index in [-0.39, 0.29) is 30.2 Å². The monoisotopic (exact) mass is 318 g/mol. The molecule has 1 fully saturated rings. The van der Waals surface area contributed by atoms with Crippen molar-refractivity contribution in [1.82, 2.24) is 0 Å². The lowest BCUT2D eigenvalue weighted by atomic mass is 9.66. The van der Waals surface area contributed by atoms with E-state index < -0.39 is 6.10 Å². The van der Waals surface area contributed by atoms with Crippen molar-refractivity contribution in [2.75, 3.05) is 0 Å². The molecule has 0 aromatic heterocycles. The van der Waals surface area contributed by atoms with Gasteiger partial charge in [-0.1, -0.05) is 18.6 Å². The van der Waals surface area contributed by atoms with Crippen LogP contribution in [0.25, 0.3) is 0 Å². The Balaban J connectivity index is 1.68. The van der Waals surface area contributed by atoms with Gasteiger partial charge < -0.3 is 9.84 Å². The van der Waals surface area contributed by atoms with E-state index in [0.717, 1.165) is 25.7 Å². The van der Waals surface area contributed by atoms with Gasteiger partial charge in [0.2, 0.25) is 0 Å². The standard InChI is InChI=1S/C19H26O4/c1-11-3-5-17-13(7-11)8-18(21)12(2)16(17)6-4-15-9-14(20)10-19(22)23-15/h7-8,12,14-17,20H,3-6,9-10H2,1-2H3. The number of hydrogen-bond donors (Lipinski definition) is 1. The SMILES string of the molecule is CC1=CC2=CC(=O)C(C)C(CCC3CC(O)CC(=O)O3)C2CC1. The summed E-state index contributed by atoms with van der Waals surface area (Å²) in [6, 6.07) is 0. The Labute approximate surface area is 137 Å². The Bertz CT molecular complexity index is 560. The smallest absolute Gasteiger partial charge is 0.308 e. The highest BCUT2D eigenvalue weighted by molar-refractivity contribution is 5.94. The van der Waals surface area contributed by atoms with Gasteiger partial charge in [0.15, 0.2) is 5.78 Å². The van der Waals surface area contributed by atoms with Crippen molar-refractivity contribution in [3.63, 3.8) is 0 Å². The highest BCUT2D eigenvalue weighted by Gasteiger charge is 2.38. The molecule has 0 aromatic rings. The summed E-state index contributed by atoms with van der Waals surface area (Å²) >= 11 is 0. The Kier molecular flexibility index (Phi) is 4.72. The fourth-order valence-corrected chi connectivity index (χ4v) is 4.35. The highest BCUT2D eigenvalue weighted by atomic mass is 16.5. The Morgan fingerprint density at radius 3 is 2.78 bits per heavy atom. The zero-order chi connectivity index (χ0) is 16.6. The van der Waals surface area contributed by atoms with Crippen LogP contribution in [0.5, 0.6) is 0 Å². The first-order valence-electron chi connectivity index (χ1n) is 8.74. The zero-order valence-corrected chi connectivity index (χ0v) is 14.0. The van der Waals surface area contributed by atoms with E-state index in [1.165, 1.54) is 11.1 Å². The van der Waals surface area contributed by atoms with Gasteiger partial charge in [0.05, 0.1) is 12.5 Å². The molecule has 5 unspecified atom stereocenters. The second-order valence-electron chi connectivity index (χ2n) is 7.42. The largest absolute Gasteiger partial charge is 0.462 e. The van der Waals surface area contributed by atoms with Crippen molar-refractivity contribution in [2.45, 2.75) is 64.6 Å². The van der Waals surface area contributed by atoms with Gasteiger partial charge in [-0.15, -0.1) is 0 Å². The molecule has 2 aliphatic carbocycles. The van der Waals surface area contributed by atoms with Crippen molar-refractivity contribution in [1.29, 1.82) is 0 Å². The number of allylic oxidation sites excluding steroid dienone is 4. The predicted molar refractivity (Wildman–Crippen MR) is 86.6 cm³/mol. The van der Waals surface area contributed by atoms with Crippen LogP contribution in [-0.4, -0.2) is 29.1 Å². The fraction of sp³-hybridized carbons (Fsp3) is 0.684. The van der Waals surface area contributed by atoms with Gasteiger partial charge in [0, 0.05) is 12.3 Å². The summed E-state index contributed by atoms with van der Waals surface area (Å²) in [5, 5.41) is 9.73. The topological polar surface area (TPSA) is 63.6 Å². The first kappa shape index (κ1) is 16.4. The van der Waals surface area contributed by atoms with Gasteiger partial charge in [-0.2, -0.15) is 0 Å². The molecule has 1 saturated heterocycles. The number of ether oxygens (including phenoxy) is 1. The maximum Gasteiger partial charge on any atom is 0.308 e. The van der Waals surface area contributed by atoms with Crippen LogP contribution in [0.1, 0.15) is 52.4 Å². The molecule has 3 rings (SSSR count). The number of carbonyl (C=O) groups excluding carboxylic acids is 2. The van der Waals surface area contributed by atoms with Gasteiger partial charge >= 0.3 is 5.97 Å². The van der Waals surface area contributed by atoms with Crippen LogP contribution >= 0.6 is 0 Å². The summed E-state index contributed by atoms with van der Waals surface area (Å²) < 4.78 is 5.35. The molecule has 1 N–H and O–H groups in total. The normalized spacial score (nSPS) is 37.6. The average molecular weight is 318 g/mol. The number of cyclic esters (lactones) is 1. The first-order valence-corrected chi connectivity index (χ1v) is 8.74. The lowest BCUT2D eigenvalue weighted by Crippen LogP contribution is -2.36. The maximum atomic E-state index is 12.3. The number of aliphatic hydroxyl groups is 1. The number of fused-ring (bicyclic) bond motifs is 1. The summed E-state index contributed by atoms with van der Waals surface area (Å²) in [4.78, 5) is 23.8. The lowest BCUT2D eigenvalue weighted by Gasteiger charge is -2.38. The van der Waals surface area contributed by atoms with Crippen LogP contribution in [0, 0.1) is 17.8 Å². The molecule has 0 saturated carbocycles. The summed E-state index contributed by atoms with van der Waals surface area (Å²) in [5.74, 6) is 0.686. The quantitative estimate of drug-likeness (QED) is 0.813. The molecule has 1 heterocycles. The van der Waals surface area contributed by atoms with E-state index in [9.17, 15) is 14.7 Å². The average Bonchev–Trinajstić information content (AvgIpc) is 2.47. The number of rotatable bonds is 3. The third-order valence-corrected chi connectivity index (χ3v) is 5.67. The number of esters is 1. The van der Waals surface area contributed by atoms with Gasteiger partial charge in [-0.25, -0.2) is 0 Å². The summed E-state index contributed by atoms with van der Waals surface area (Å²) in [7, 11) is 0. The fourth-order valence-electron chi connectivity index (χ4n) is 4.35. The van der Waals surface area contributed by atoms with Crippen molar-refractivity contribution in [3.8, 4) is 0 Å². The van der Waals surface area contributed by atoms with Crippen molar-refractivity contribution >= 4 is 11.8 Å². The minimum absolute atomic E-state index is 0.0276. The molecule has 4 heteroatoms. The van der Waals surface area contributed by atoms with Crippen LogP contribution in [0.15, 0.2) is 23.3 Å². The van der Waals surface area contributed by atoms with Crippen LogP contribution in [0.2, 0.25) is 0 Å². The Morgan fingerprint density at radius 2 is 2.04 bits per heavy atom. The van der Waals surface area contributed by atoms with E-state index in [1.54, 1.807) is 0 Å². The molecular weight excluding hydrogens is 292 g/mol. The van der Waals surface area contributed by atoms with E-state index in [2.05, 4.69) is 13.0 Å². The Morgan fingerprint density at radius 1 is 1.26 bits per heavy atom. The predicted octanol–water partition coefficient (Wildman–Crippen LogP) is 2.95. The van der Waals surface area contributed by atoms with Crippen molar-refractivity contribution in [2.24, 2.45) is 17.8 Å². The van der Waals surface area contributed by atoms with Crippen molar-refractivity contribution < 1.29 is 19.4 Å². The summed E-state index contributed by atoms with van der Waals surface area (Å²) in [5.41, 5.74) is 2.53. The van der Waals surface area contributed by atoms with Gasteiger partial charge in [0.1, 0.15) is 6.10 Å². The molecule has 0 amide bonds. The second-order valence-corrected chi connectivity index (χ2v) is 7.42. The third-order valence-electron chi connectivity index (χ3n) is 5.67. The zero-order valence-electron chi connectivity index (χ0n) is 14.0. The molecule has 0 spiro atoms. The molecule has 4 nitrogen and oxygen atoms in total. The van der Waals surface area contributed by atoms with Crippen molar-refractivity contribution in [3.05, 3.63) is 23.3 Å². The third kappa shape index (κ3) is 3.57. The number of carbonyl (C=O) groups is 2. The molecule has 0 aromatic carbocycles. The molecule has 23 heavy (non-hydrogen) atoms. The molecular formula is C19H26O4. The first-order chi connectivity index (χ1) is 10.9. The van der Waals surface area contributed by atoms with Crippen LogP contribution in [0.3, 0.4) is 0 Å². The van der Waals surface area contributed by atoms with Gasteiger partial charge in [-0.05, 0) is 56.1 Å². The van der Waals surface area contributed by atoms with Gasteiger partial charge in [-0.3, -0.25) is 9.59 Å². The van der Waals surface area contributed by atoms with E-state index in [1.807, 2.05) is 13.0 Å². The minimum Gasteiger partial charge on any atom is -0.462 e. The molecule has 0 radical (unpaired) electrons. The molecule has 1 aliphatic heterocycles.